The number of benzene rings is 1. The summed E-state index contributed by atoms with van der Waals surface area (Å²) >= 11 is 11.7. The summed E-state index contributed by atoms with van der Waals surface area (Å²) in [7, 11) is 0. The highest BCUT2D eigenvalue weighted by Gasteiger charge is 2.11. The molecule has 3 N–H and O–H groups in total. The zero-order chi connectivity index (χ0) is 9.84. The van der Waals surface area contributed by atoms with Gasteiger partial charge < -0.3 is 10.8 Å². The monoisotopic (exact) mass is 255 g/mol. The first-order chi connectivity index (χ1) is 6.16. The summed E-state index contributed by atoms with van der Waals surface area (Å²) < 4.78 is 0. The molecule has 0 amide bonds. The van der Waals surface area contributed by atoms with Crippen molar-refractivity contribution in [3.8, 4) is 0 Å². The van der Waals surface area contributed by atoms with Crippen LogP contribution in [0, 0.1) is 0 Å². The van der Waals surface area contributed by atoms with Gasteiger partial charge in [0.15, 0.2) is 0 Å². The number of halogens is 3. The minimum absolute atomic E-state index is 0. The van der Waals surface area contributed by atoms with E-state index >= 15 is 0 Å². The van der Waals surface area contributed by atoms with Gasteiger partial charge in [-0.3, -0.25) is 0 Å². The van der Waals surface area contributed by atoms with E-state index in [9.17, 15) is 0 Å². The van der Waals surface area contributed by atoms with E-state index in [2.05, 4.69) is 0 Å². The molecule has 5 heteroatoms. The van der Waals surface area contributed by atoms with Gasteiger partial charge in [0.25, 0.3) is 0 Å². The molecule has 0 fully saturated rings. The summed E-state index contributed by atoms with van der Waals surface area (Å²) in [5, 5.41) is 9.67. The Bertz CT molecular complexity index is 293. The molecule has 14 heavy (non-hydrogen) atoms. The Kier molecular flexibility index (Phi) is 6.49. The van der Waals surface area contributed by atoms with Crippen molar-refractivity contribution in [2.45, 2.75) is 12.5 Å². The van der Waals surface area contributed by atoms with Crippen LogP contribution in [0.5, 0.6) is 0 Å². The van der Waals surface area contributed by atoms with E-state index < -0.39 is 0 Å². The Hall–Kier alpha value is 0.01000. The first kappa shape index (κ1) is 14.0. The van der Waals surface area contributed by atoms with Crippen LogP contribution in [0.4, 0.5) is 0 Å². The lowest BCUT2D eigenvalue weighted by atomic mass is 10.1. The Morgan fingerprint density at radius 3 is 2.57 bits per heavy atom. The van der Waals surface area contributed by atoms with Crippen molar-refractivity contribution in [2.75, 3.05) is 6.61 Å². The number of nitrogens with two attached hydrogens (primary N) is 1. The van der Waals surface area contributed by atoms with Gasteiger partial charge in [-0.25, -0.2) is 0 Å². The van der Waals surface area contributed by atoms with Crippen LogP contribution in [-0.4, -0.2) is 11.7 Å². The first-order valence-corrected chi connectivity index (χ1v) is 4.72. The third-order valence-corrected chi connectivity index (χ3v) is 2.65. The molecule has 0 radical (unpaired) electrons. The molecule has 1 aromatic rings. The summed E-state index contributed by atoms with van der Waals surface area (Å²) in [5.41, 5.74) is 6.55. The van der Waals surface area contributed by atoms with E-state index in [0.29, 0.717) is 16.5 Å². The highest BCUT2D eigenvalue weighted by molar-refractivity contribution is 6.42. The maximum Gasteiger partial charge on any atom is 0.0640 e. The fraction of sp³-hybridized carbons (Fsp3) is 0.333. The van der Waals surface area contributed by atoms with Gasteiger partial charge in [-0.05, 0) is 18.1 Å². The summed E-state index contributed by atoms with van der Waals surface area (Å²) in [6.07, 6.45) is 0.486. The van der Waals surface area contributed by atoms with Gasteiger partial charge in [-0.15, -0.1) is 12.4 Å². The Morgan fingerprint density at radius 1 is 1.36 bits per heavy atom. The molecule has 0 bridgehead atoms. The van der Waals surface area contributed by atoms with Gasteiger partial charge in [0, 0.05) is 12.6 Å². The highest BCUT2D eigenvalue weighted by Crippen LogP contribution is 2.29. The molecule has 0 aliphatic carbocycles. The predicted molar refractivity (Wildman–Crippen MR) is 62.3 cm³/mol. The van der Waals surface area contributed by atoms with Crippen molar-refractivity contribution < 1.29 is 5.11 Å². The molecule has 0 aliphatic rings. The summed E-state index contributed by atoms with van der Waals surface area (Å²) in [6.45, 7) is 0.0456. The molecular formula is C9H12Cl3NO. The third kappa shape index (κ3) is 3.30. The van der Waals surface area contributed by atoms with Crippen molar-refractivity contribution in [3.63, 3.8) is 0 Å². The normalized spacial score (nSPS) is 12.0. The van der Waals surface area contributed by atoms with Gasteiger partial charge in [0.05, 0.1) is 10.0 Å². The summed E-state index contributed by atoms with van der Waals surface area (Å²) in [6, 6.07) is 5.06. The van der Waals surface area contributed by atoms with Crippen LogP contribution < -0.4 is 5.73 Å². The number of rotatable bonds is 3. The van der Waals surface area contributed by atoms with Gasteiger partial charge in [-0.1, -0.05) is 35.3 Å². The fourth-order valence-electron chi connectivity index (χ4n) is 1.10. The average Bonchev–Trinajstić information content (AvgIpc) is 2.10. The lowest BCUT2D eigenvalue weighted by Gasteiger charge is -2.12. The van der Waals surface area contributed by atoms with E-state index in [-0.39, 0.29) is 25.1 Å². The maximum absolute atomic E-state index is 8.70. The van der Waals surface area contributed by atoms with Gasteiger partial charge >= 0.3 is 0 Å². The first-order valence-electron chi connectivity index (χ1n) is 3.97. The topological polar surface area (TPSA) is 46.2 Å². The van der Waals surface area contributed by atoms with Gasteiger partial charge in [0.1, 0.15) is 0 Å². The van der Waals surface area contributed by atoms with Crippen molar-refractivity contribution in [2.24, 2.45) is 5.73 Å². The molecule has 1 rings (SSSR count). The lowest BCUT2D eigenvalue weighted by molar-refractivity contribution is 0.276. The van der Waals surface area contributed by atoms with Crippen molar-refractivity contribution in [3.05, 3.63) is 33.8 Å². The SMILES string of the molecule is Cl.N[C@@H](CCO)c1cccc(Cl)c1Cl. The van der Waals surface area contributed by atoms with Crippen molar-refractivity contribution in [1.82, 2.24) is 0 Å². The standard InChI is InChI=1S/C9H11Cl2NO.ClH/c10-7-3-1-2-6(9(7)11)8(12)4-5-13;/h1-3,8,13H,4-5,12H2;1H/t8-;/m0./s1. The zero-order valence-electron chi connectivity index (χ0n) is 7.41. The van der Waals surface area contributed by atoms with Crippen LogP contribution in [0.1, 0.15) is 18.0 Å². The molecule has 0 spiro atoms. The van der Waals surface area contributed by atoms with Crippen LogP contribution >= 0.6 is 35.6 Å². The lowest BCUT2D eigenvalue weighted by Crippen LogP contribution is -2.12. The van der Waals surface area contributed by atoms with E-state index in [1.54, 1.807) is 12.1 Å². The zero-order valence-corrected chi connectivity index (χ0v) is 9.74. The molecule has 1 atom stereocenters. The minimum Gasteiger partial charge on any atom is -0.396 e. The van der Waals surface area contributed by atoms with Crippen molar-refractivity contribution >= 4 is 35.6 Å². The van der Waals surface area contributed by atoms with Crippen LogP contribution in [0.3, 0.4) is 0 Å². The molecule has 0 aromatic heterocycles. The largest absolute Gasteiger partial charge is 0.396 e. The maximum atomic E-state index is 8.70. The molecule has 80 valence electrons. The van der Waals surface area contributed by atoms with Gasteiger partial charge in [-0.2, -0.15) is 0 Å². The molecular weight excluding hydrogens is 244 g/mol. The fourth-order valence-corrected chi connectivity index (χ4v) is 1.55. The number of aliphatic hydroxyl groups excluding tert-OH is 1. The van der Waals surface area contributed by atoms with E-state index in [1.165, 1.54) is 0 Å². The molecule has 0 saturated heterocycles. The predicted octanol–water partition coefficient (Wildman–Crippen LogP) is 2.80. The van der Waals surface area contributed by atoms with Gasteiger partial charge in [0.2, 0.25) is 0 Å². The van der Waals surface area contributed by atoms with E-state index in [1.807, 2.05) is 6.07 Å². The molecule has 2 nitrogen and oxygen atoms in total. The Labute approximate surface area is 99.4 Å². The second-order valence-electron chi connectivity index (χ2n) is 2.76. The summed E-state index contributed by atoms with van der Waals surface area (Å²) in [5.74, 6) is 0. The molecule has 1 aromatic carbocycles. The second-order valence-corrected chi connectivity index (χ2v) is 3.55. The van der Waals surface area contributed by atoms with Crippen LogP contribution in [-0.2, 0) is 0 Å². The Morgan fingerprint density at radius 2 is 2.00 bits per heavy atom. The average molecular weight is 257 g/mol. The minimum atomic E-state index is -0.254. The molecule has 0 heterocycles. The van der Waals surface area contributed by atoms with E-state index in [0.717, 1.165) is 5.56 Å². The highest BCUT2D eigenvalue weighted by atomic mass is 35.5. The quantitative estimate of drug-likeness (QED) is 0.873. The number of aliphatic hydroxyl groups is 1. The smallest absolute Gasteiger partial charge is 0.0640 e. The van der Waals surface area contributed by atoms with Crippen LogP contribution in [0.2, 0.25) is 10.0 Å². The third-order valence-electron chi connectivity index (χ3n) is 1.82. The van der Waals surface area contributed by atoms with Crippen molar-refractivity contribution in [1.29, 1.82) is 0 Å². The van der Waals surface area contributed by atoms with Crippen LogP contribution in [0.25, 0.3) is 0 Å². The molecule has 0 aliphatic heterocycles. The summed E-state index contributed by atoms with van der Waals surface area (Å²) in [4.78, 5) is 0. The molecule has 0 saturated carbocycles. The number of hydrogen-bond donors (Lipinski definition) is 2. The second kappa shape index (κ2) is 6.49. The van der Waals surface area contributed by atoms with Crippen LogP contribution in [0.15, 0.2) is 18.2 Å². The van der Waals surface area contributed by atoms with E-state index in [4.69, 9.17) is 34.0 Å². The Balaban J connectivity index is 0.00000169. The number of hydrogen-bond acceptors (Lipinski definition) is 2. The molecule has 0 unspecified atom stereocenters.